The van der Waals surface area contributed by atoms with E-state index in [9.17, 15) is 14.9 Å². The van der Waals surface area contributed by atoms with Crippen molar-refractivity contribution in [3.05, 3.63) is 33.9 Å². The molecule has 1 aromatic rings. The van der Waals surface area contributed by atoms with Crippen molar-refractivity contribution in [2.45, 2.75) is 19.1 Å². The van der Waals surface area contributed by atoms with Crippen LogP contribution in [0.25, 0.3) is 0 Å². The summed E-state index contributed by atoms with van der Waals surface area (Å²) in [6.07, 6.45) is 0.935. The molecule has 1 fully saturated rings. The molecule has 0 aromatic heterocycles. The highest BCUT2D eigenvalue weighted by Gasteiger charge is 2.34. The second-order valence-electron chi connectivity index (χ2n) is 6.34. The van der Waals surface area contributed by atoms with Crippen molar-refractivity contribution in [1.82, 2.24) is 4.90 Å². The lowest BCUT2D eigenvalue weighted by Crippen LogP contribution is -2.35. The van der Waals surface area contributed by atoms with Gasteiger partial charge >= 0.3 is 5.69 Å². The molecule has 2 N–H and O–H groups in total. The minimum Gasteiger partial charge on any atom is -0.490 e. The minimum atomic E-state index is -0.462. The second kappa shape index (κ2) is 7.85. The molecule has 0 saturated carbocycles. The number of thioether (sulfide) groups is 1. The van der Waals surface area contributed by atoms with Crippen LogP contribution in [-0.4, -0.2) is 48.2 Å². The van der Waals surface area contributed by atoms with Crippen molar-refractivity contribution in [3.63, 3.8) is 0 Å². The summed E-state index contributed by atoms with van der Waals surface area (Å²) in [5.74, 6) is 1.24. The third-order valence-corrected chi connectivity index (χ3v) is 5.33. The van der Waals surface area contributed by atoms with Gasteiger partial charge in [-0.3, -0.25) is 14.9 Å². The van der Waals surface area contributed by atoms with Gasteiger partial charge in [0.25, 0.3) is 0 Å². The molecule has 0 bridgehead atoms. The molecule has 1 aliphatic rings. The Balaban J connectivity index is 1.87. The number of benzene rings is 1. The van der Waals surface area contributed by atoms with Crippen LogP contribution in [0.3, 0.4) is 0 Å². The average molecular weight is 353 g/mol. The maximum Gasteiger partial charge on any atom is 0.311 e. The minimum absolute atomic E-state index is 0.0247. The average Bonchev–Trinajstić information content (AvgIpc) is 2.98. The van der Waals surface area contributed by atoms with Gasteiger partial charge in [-0.15, -0.1) is 11.8 Å². The molecule has 2 rings (SSSR count). The van der Waals surface area contributed by atoms with Gasteiger partial charge in [0.05, 0.1) is 17.8 Å². The highest BCUT2D eigenvalue weighted by molar-refractivity contribution is 7.99. The number of hydrogen-bond acceptors (Lipinski definition) is 6. The van der Waals surface area contributed by atoms with Crippen molar-refractivity contribution in [2.75, 3.05) is 32.5 Å². The van der Waals surface area contributed by atoms with E-state index in [1.165, 1.54) is 24.9 Å². The third kappa shape index (κ3) is 4.39. The van der Waals surface area contributed by atoms with Crippen molar-refractivity contribution in [3.8, 4) is 5.75 Å². The number of carbonyl (C=O) groups excluding carboxylic acids is 1. The lowest BCUT2D eigenvalue weighted by Gasteiger charge is -2.22. The first-order valence-corrected chi connectivity index (χ1v) is 8.91. The Hall–Kier alpha value is -1.80. The fourth-order valence-corrected chi connectivity index (χ4v) is 3.59. The molecule has 8 heteroatoms. The summed E-state index contributed by atoms with van der Waals surface area (Å²) < 4.78 is 4.98. The van der Waals surface area contributed by atoms with Crippen molar-refractivity contribution in [2.24, 2.45) is 11.1 Å². The van der Waals surface area contributed by atoms with Gasteiger partial charge in [0.15, 0.2) is 5.75 Å². The van der Waals surface area contributed by atoms with E-state index in [0.29, 0.717) is 24.6 Å². The van der Waals surface area contributed by atoms with Crippen molar-refractivity contribution < 1.29 is 14.5 Å². The Morgan fingerprint density at radius 3 is 2.88 bits per heavy atom. The first kappa shape index (κ1) is 18.5. The number of likely N-dealkylation sites (tertiary alicyclic amines) is 1. The molecule has 1 amide bonds. The van der Waals surface area contributed by atoms with Gasteiger partial charge in [-0.2, -0.15) is 0 Å². The molecule has 24 heavy (non-hydrogen) atoms. The van der Waals surface area contributed by atoms with Crippen LogP contribution in [-0.2, 0) is 10.5 Å². The van der Waals surface area contributed by atoms with Gasteiger partial charge in [0.1, 0.15) is 0 Å². The molecule has 0 radical (unpaired) electrons. The van der Waals surface area contributed by atoms with E-state index >= 15 is 0 Å². The number of methoxy groups -OCH3 is 1. The smallest absolute Gasteiger partial charge is 0.311 e. The predicted octanol–water partition coefficient (Wildman–Crippen LogP) is 2.03. The van der Waals surface area contributed by atoms with Crippen LogP contribution in [0.2, 0.25) is 0 Å². The predicted molar refractivity (Wildman–Crippen MR) is 94.2 cm³/mol. The first-order chi connectivity index (χ1) is 11.4. The van der Waals surface area contributed by atoms with Gasteiger partial charge in [-0.1, -0.05) is 13.0 Å². The molecule has 0 aliphatic carbocycles. The molecular formula is C16H23N3O4S. The quantitative estimate of drug-likeness (QED) is 0.595. The number of hydrogen-bond donors (Lipinski definition) is 1. The van der Waals surface area contributed by atoms with E-state index < -0.39 is 4.92 Å². The molecule has 1 saturated heterocycles. The van der Waals surface area contributed by atoms with Gasteiger partial charge in [-0.25, -0.2) is 0 Å². The molecule has 7 nitrogen and oxygen atoms in total. The summed E-state index contributed by atoms with van der Waals surface area (Å²) in [6, 6.07) is 4.87. The molecule has 0 spiro atoms. The normalized spacial score (nSPS) is 20.2. The molecule has 1 atom stereocenters. The zero-order valence-electron chi connectivity index (χ0n) is 14.0. The zero-order valence-corrected chi connectivity index (χ0v) is 14.8. The maximum atomic E-state index is 12.3. The molecule has 132 valence electrons. The number of nitrogens with zero attached hydrogens (tertiary/aromatic N) is 2. The highest BCUT2D eigenvalue weighted by atomic mass is 32.2. The van der Waals surface area contributed by atoms with E-state index in [4.69, 9.17) is 10.5 Å². The van der Waals surface area contributed by atoms with E-state index in [2.05, 4.69) is 6.92 Å². The number of nitro groups is 1. The number of rotatable bonds is 7. The molecular weight excluding hydrogens is 330 g/mol. The van der Waals surface area contributed by atoms with Gasteiger partial charge in [-0.05, 0) is 30.0 Å². The number of nitrogens with two attached hydrogens (primary N) is 1. The van der Waals surface area contributed by atoms with Crippen molar-refractivity contribution >= 4 is 23.4 Å². The molecule has 1 aromatic carbocycles. The van der Waals surface area contributed by atoms with Crippen molar-refractivity contribution in [1.29, 1.82) is 0 Å². The third-order valence-electron chi connectivity index (χ3n) is 4.34. The second-order valence-corrected chi connectivity index (χ2v) is 7.32. The Bertz CT molecular complexity index is 625. The largest absolute Gasteiger partial charge is 0.490 e. The number of amides is 1. The highest BCUT2D eigenvalue weighted by Crippen LogP contribution is 2.30. The SMILES string of the molecule is COc1ccc(CSCC(=O)N2CCC(C)(CN)C2)cc1[N+](=O)[O-]. The topological polar surface area (TPSA) is 98.7 Å². The maximum absolute atomic E-state index is 12.3. The standard InChI is InChI=1S/C16H23N3O4S/c1-16(10-17)5-6-18(11-16)15(20)9-24-8-12-3-4-14(23-2)13(7-12)19(21)22/h3-4,7H,5-6,8-11,17H2,1-2H3. The Morgan fingerprint density at radius 1 is 1.54 bits per heavy atom. The lowest BCUT2D eigenvalue weighted by atomic mass is 9.90. The van der Waals surface area contributed by atoms with E-state index in [1.807, 2.05) is 4.90 Å². The van der Waals surface area contributed by atoms with Crippen LogP contribution >= 0.6 is 11.8 Å². The van der Waals surface area contributed by atoms with Crippen LogP contribution in [0.4, 0.5) is 5.69 Å². The van der Waals surface area contributed by atoms with Crippen LogP contribution in [0, 0.1) is 15.5 Å². The Labute approximate surface area is 145 Å². The van der Waals surface area contributed by atoms with E-state index in [1.54, 1.807) is 12.1 Å². The van der Waals surface area contributed by atoms with E-state index in [0.717, 1.165) is 18.5 Å². The van der Waals surface area contributed by atoms with Gasteiger partial charge in [0.2, 0.25) is 5.91 Å². The fourth-order valence-electron chi connectivity index (χ4n) is 2.72. The summed E-state index contributed by atoms with van der Waals surface area (Å²) in [5, 5.41) is 11.0. The Morgan fingerprint density at radius 2 is 2.29 bits per heavy atom. The van der Waals surface area contributed by atoms with E-state index in [-0.39, 0.29) is 22.8 Å². The number of carbonyl (C=O) groups is 1. The van der Waals surface area contributed by atoms with Gasteiger partial charge in [0, 0.05) is 24.9 Å². The molecule has 1 aliphatic heterocycles. The number of nitro benzene ring substituents is 1. The fraction of sp³-hybridized carbons (Fsp3) is 0.562. The van der Waals surface area contributed by atoms with Crippen LogP contribution in [0.15, 0.2) is 18.2 Å². The zero-order chi connectivity index (χ0) is 17.7. The summed E-state index contributed by atoms with van der Waals surface area (Å²) in [5.41, 5.74) is 6.53. The molecule has 1 unspecified atom stereocenters. The van der Waals surface area contributed by atoms with Crippen LogP contribution in [0.1, 0.15) is 18.9 Å². The summed E-state index contributed by atoms with van der Waals surface area (Å²) >= 11 is 1.46. The monoisotopic (exact) mass is 353 g/mol. The summed E-state index contributed by atoms with van der Waals surface area (Å²) in [4.78, 5) is 24.7. The van der Waals surface area contributed by atoms with Gasteiger partial charge < -0.3 is 15.4 Å². The number of ether oxygens (including phenoxy) is 1. The Kier molecular flexibility index (Phi) is 6.06. The lowest BCUT2D eigenvalue weighted by molar-refractivity contribution is -0.385. The summed E-state index contributed by atoms with van der Waals surface area (Å²) in [6.45, 7) is 4.14. The van der Waals surface area contributed by atoms with Crippen LogP contribution in [0.5, 0.6) is 5.75 Å². The van der Waals surface area contributed by atoms with Crippen LogP contribution < -0.4 is 10.5 Å². The summed E-state index contributed by atoms with van der Waals surface area (Å²) in [7, 11) is 1.40. The molecule has 1 heterocycles. The first-order valence-electron chi connectivity index (χ1n) is 7.75.